The number of halogens is 1. The second-order valence-corrected chi connectivity index (χ2v) is 6.24. The van der Waals surface area contributed by atoms with Gasteiger partial charge in [-0.1, -0.05) is 57.5 Å². The Morgan fingerprint density at radius 3 is 2.43 bits per heavy atom. The van der Waals surface area contributed by atoms with Gasteiger partial charge in [-0.15, -0.1) is 0 Å². The topological polar surface area (TPSA) is 12.0 Å². The van der Waals surface area contributed by atoms with Crippen molar-refractivity contribution in [1.82, 2.24) is 5.32 Å². The first-order chi connectivity index (χ1) is 10.1. The highest BCUT2D eigenvalue weighted by atomic mass is 35.5. The van der Waals surface area contributed by atoms with Gasteiger partial charge in [-0.2, -0.15) is 0 Å². The Morgan fingerprint density at radius 1 is 1.24 bits per heavy atom. The van der Waals surface area contributed by atoms with Gasteiger partial charge in [0.1, 0.15) is 0 Å². The van der Waals surface area contributed by atoms with Gasteiger partial charge in [-0.3, -0.25) is 0 Å². The lowest BCUT2D eigenvalue weighted by atomic mass is 9.70. The van der Waals surface area contributed by atoms with Crippen molar-refractivity contribution in [2.24, 2.45) is 0 Å². The summed E-state index contributed by atoms with van der Waals surface area (Å²) >= 11 is 6.70. The van der Waals surface area contributed by atoms with Crippen molar-refractivity contribution in [3.63, 3.8) is 0 Å². The summed E-state index contributed by atoms with van der Waals surface area (Å²) in [6.07, 6.45) is 7.53. The molecular weight excluding hydrogens is 278 g/mol. The fourth-order valence-electron chi connectivity index (χ4n) is 3.43. The average Bonchev–Trinajstić information content (AvgIpc) is 2.50. The van der Waals surface area contributed by atoms with Crippen LogP contribution < -0.4 is 5.32 Å². The fraction of sp³-hybridized carbons (Fsp3) is 0.579. The van der Waals surface area contributed by atoms with Crippen LogP contribution in [0.2, 0.25) is 5.02 Å². The molecule has 1 aromatic rings. The molecule has 1 unspecified atom stereocenters. The van der Waals surface area contributed by atoms with Crippen molar-refractivity contribution >= 4 is 17.7 Å². The zero-order valence-corrected chi connectivity index (χ0v) is 14.8. The molecule has 1 nitrogen and oxygen atoms in total. The smallest absolute Gasteiger partial charge is 0.0452 e. The Kier molecular flexibility index (Phi) is 7.48. The molecule has 0 aromatic heterocycles. The lowest BCUT2D eigenvalue weighted by molar-refractivity contribution is 0.342. The Balaban J connectivity index is 3.44. The molecule has 0 aliphatic rings. The highest BCUT2D eigenvalue weighted by Gasteiger charge is 2.33. The number of aryl methyl sites for hydroxylation is 1. The minimum Gasteiger partial charge on any atom is -0.320 e. The third-order valence-corrected chi connectivity index (χ3v) is 4.90. The van der Waals surface area contributed by atoms with Crippen LogP contribution in [0, 0.1) is 0 Å². The molecule has 1 aromatic carbocycles. The normalized spacial score (nSPS) is 14.0. The predicted octanol–water partition coefficient (Wildman–Crippen LogP) is 5.60. The van der Waals surface area contributed by atoms with Crippen molar-refractivity contribution < 1.29 is 0 Å². The molecule has 118 valence electrons. The molecule has 21 heavy (non-hydrogen) atoms. The van der Waals surface area contributed by atoms with Gasteiger partial charge in [-0.25, -0.2) is 0 Å². The van der Waals surface area contributed by atoms with E-state index in [2.05, 4.69) is 44.8 Å². The molecule has 0 saturated heterocycles. The van der Waals surface area contributed by atoms with Crippen LogP contribution >= 0.6 is 11.6 Å². The van der Waals surface area contributed by atoms with Gasteiger partial charge in [-0.05, 0) is 67.4 Å². The first-order valence-corrected chi connectivity index (χ1v) is 8.56. The van der Waals surface area contributed by atoms with Gasteiger partial charge in [0.15, 0.2) is 0 Å². The molecule has 0 aliphatic heterocycles. The molecule has 0 bridgehead atoms. The van der Waals surface area contributed by atoms with E-state index in [1.165, 1.54) is 24.0 Å². The van der Waals surface area contributed by atoms with E-state index in [1.54, 1.807) is 0 Å². The van der Waals surface area contributed by atoms with Gasteiger partial charge in [0, 0.05) is 5.02 Å². The van der Waals surface area contributed by atoms with Gasteiger partial charge >= 0.3 is 0 Å². The molecule has 0 spiro atoms. The van der Waals surface area contributed by atoms with Crippen LogP contribution in [0.1, 0.15) is 63.1 Å². The SMILES string of the molecule is C=Cc1cc(Cl)c(C(CC)(CCC)CCNC)c(CC)c1. The standard InChI is InChI=1S/C19H30ClN/c1-6-10-19(9-4,11-12-21-5)18-16(8-3)13-15(7-2)14-17(18)20/h7,13-14,21H,2,6,8-12H2,1,3-5H3. The number of benzene rings is 1. The van der Waals surface area contributed by atoms with E-state index in [0.717, 1.165) is 36.4 Å². The number of hydrogen-bond donors (Lipinski definition) is 1. The number of hydrogen-bond acceptors (Lipinski definition) is 1. The molecule has 0 saturated carbocycles. The van der Waals surface area contributed by atoms with E-state index in [4.69, 9.17) is 11.6 Å². The third-order valence-electron chi connectivity index (χ3n) is 4.60. The zero-order valence-electron chi connectivity index (χ0n) is 14.1. The maximum atomic E-state index is 6.70. The van der Waals surface area contributed by atoms with Crippen molar-refractivity contribution in [1.29, 1.82) is 0 Å². The molecule has 0 radical (unpaired) electrons. The molecular formula is C19H30ClN. The van der Waals surface area contributed by atoms with Crippen LogP contribution in [0.5, 0.6) is 0 Å². The second-order valence-electron chi connectivity index (χ2n) is 5.83. The van der Waals surface area contributed by atoms with E-state index in [0.29, 0.717) is 0 Å². The van der Waals surface area contributed by atoms with E-state index in [1.807, 2.05) is 13.1 Å². The second kappa shape index (κ2) is 8.60. The van der Waals surface area contributed by atoms with Crippen LogP contribution in [0.15, 0.2) is 18.7 Å². The quantitative estimate of drug-likeness (QED) is 0.626. The summed E-state index contributed by atoms with van der Waals surface area (Å²) in [5, 5.41) is 4.22. The monoisotopic (exact) mass is 307 g/mol. The van der Waals surface area contributed by atoms with Crippen LogP contribution in [-0.4, -0.2) is 13.6 Å². The van der Waals surface area contributed by atoms with E-state index in [9.17, 15) is 0 Å². The molecule has 1 N–H and O–H groups in total. The summed E-state index contributed by atoms with van der Waals surface area (Å²) in [5.41, 5.74) is 4.05. The van der Waals surface area contributed by atoms with Crippen LogP contribution in [-0.2, 0) is 11.8 Å². The van der Waals surface area contributed by atoms with Gasteiger partial charge in [0.05, 0.1) is 0 Å². The van der Waals surface area contributed by atoms with Crippen molar-refractivity contribution in [3.05, 3.63) is 40.4 Å². The van der Waals surface area contributed by atoms with Crippen molar-refractivity contribution in [2.45, 2.75) is 58.3 Å². The van der Waals surface area contributed by atoms with Crippen molar-refractivity contribution in [2.75, 3.05) is 13.6 Å². The number of rotatable bonds is 9. The van der Waals surface area contributed by atoms with Crippen molar-refractivity contribution in [3.8, 4) is 0 Å². The summed E-state index contributed by atoms with van der Waals surface area (Å²) < 4.78 is 0. The third kappa shape index (κ3) is 4.11. The van der Waals surface area contributed by atoms with Crippen LogP contribution in [0.25, 0.3) is 6.08 Å². The maximum Gasteiger partial charge on any atom is 0.0452 e. The summed E-state index contributed by atoms with van der Waals surface area (Å²) in [5.74, 6) is 0. The van der Waals surface area contributed by atoms with E-state index in [-0.39, 0.29) is 5.41 Å². The Hall–Kier alpha value is -0.790. The molecule has 1 rings (SSSR count). The summed E-state index contributed by atoms with van der Waals surface area (Å²) in [6.45, 7) is 11.7. The van der Waals surface area contributed by atoms with Crippen LogP contribution in [0.3, 0.4) is 0 Å². The largest absolute Gasteiger partial charge is 0.320 e. The van der Waals surface area contributed by atoms with Gasteiger partial charge in [0.25, 0.3) is 0 Å². The molecule has 0 heterocycles. The Bertz CT molecular complexity index is 467. The minimum absolute atomic E-state index is 0.180. The summed E-state index contributed by atoms with van der Waals surface area (Å²) in [6, 6.07) is 4.33. The first kappa shape index (κ1) is 18.3. The summed E-state index contributed by atoms with van der Waals surface area (Å²) in [7, 11) is 2.02. The fourth-order valence-corrected chi connectivity index (χ4v) is 3.87. The molecule has 2 heteroatoms. The summed E-state index contributed by atoms with van der Waals surface area (Å²) in [4.78, 5) is 0. The van der Waals surface area contributed by atoms with E-state index >= 15 is 0 Å². The highest BCUT2D eigenvalue weighted by molar-refractivity contribution is 6.31. The highest BCUT2D eigenvalue weighted by Crippen LogP contribution is 2.42. The average molecular weight is 308 g/mol. The van der Waals surface area contributed by atoms with E-state index < -0.39 is 0 Å². The minimum atomic E-state index is 0.180. The molecule has 1 atom stereocenters. The van der Waals surface area contributed by atoms with Crippen LogP contribution in [0.4, 0.5) is 0 Å². The van der Waals surface area contributed by atoms with Gasteiger partial charge < -0.3 is 5.32 Å². The Labute approximate surface area is 135 Å². The molecule has 0 amide bonds. The lowest BCUT2D eigenvalue weighted by Gasteiger charge is -2.36. The maximum absolute atomic E-state index is 6.70. The lowest BCUT2D eigenvalue weighted by Crippen LogP contribution is -2.31. The predicted molar refractivity (Wildman–Crippen MR) is 96.3 cm³/mol. The molecule has 0 fully saturated rings. The number of nitrogens with one attached hydrogen (secondary N) is 1. The van der Waals surface area contributed by atoms with Gasteiger partial charge in [0.2, 0.25) is 0 Å². The molecule has 0 aliphatic carbocycles. The first-order valence-electron chi connectivity index (χ1n) is 8.18. The Morgan fingerprint density at radius 2 is 1.95 bits per heavy atom. The zero-order chi connectivity index (χ0) is 15.9.